The number of hydrogen-bond acceptors (Lipinski definition) is 6. The molecule has 2 fully saturated rings. The Kier molecular flexibility index (Phi) is 21.7. The predicted molar refractivity (Wildman–Crippen MR) is 254 cm³/mol. The number of hydrogen-bond donors (Lipinski definition) is 0. The maximum Gasteiger partial charge on any atom is 0.673 e. The number of benzene rings is 6. The molecule has 6 aromatic carbocycles. The van der Waals surface area contributed by atoms with Gasteiger partial charge in [-0.2, -0.15) is 105 Å². The summed E-state index contributed by atoms with van der Waals surface area (Å²) in [5, 5.41) is -6.17. The van der Waals surface area contributed by atoms with Crippen LogP contribution in [0.3, 0.4) is 0 Å². The molecule has 0 amide bonds. The summed E-state index contributed by atoms with van der Waals surface area (Å²) in [6.07, 6.45) is -60.9. The molecule has 2 aliphatic heterocycles. The van der Waals surface area contributed by atoms with Gasteiger partial charge in [0.15, 0.2) is 12.4 Å². The zero-order valence-corrected chi connectivity index (χ0v) is 46.1. The minimum absolute atomic E-state index is 0. The van der Waals surface area contributed by atoms with Crippen LogP contribution in [0.5, 0.6) is 5.75 Å². The predicted octanol–water partition coefficient (Wildman–Crippen LogP) is 17.2. The van der Waals surface area contributed by atoms with Crippen molar-refractivity contribution in [3.8, 4) is 5.75 Å². The molecule has 0 spiro atoms. The summed E-state index contributed by atoms with van der Waals surface area (Å²) in [5.41, 5.74) is -18.2. The van der Waals surface area contributed by atoms with Crippen LogP contribution in [0.1, 0.15) is 56.4 Å². The van der Waals surface area contributed by atoms with Gasteiger partial charge in [-0.3, -0.25) is 0 Å². The molecule has 6 atom stereocenters. The van der Waals surface area contributed by atoms with Crippen LogP contribution in [-0.2, 0) is 92.1 Å². The molecule has 489 valence electrons. The largest absolute Gasteiger partial charge is 0.673 e. The molecule has 0 saturated carbocycles. The Hall–Kier alpha value is -5.49. The van der Waals surface area contributed by atoms with E-state index in [2.05, 4.69) is 0 Å². The van der Waals surface area contributed by atoms with Crippen LogP contribution in [0.4, 0.5) is 123 Å². The van der Waals surface area contributed by atoms with Gasteiger partial charge in [-0.1, -0.05) is 48.5 Å². The van der Waals surface area contributed by atoms with E-state index in [9.17, 15) is 123 Å². The number of alkyl halides is 24. The van der Waals surface area contributed by atoms with E-state index in [1.165, 1.54) is 48.5 Å². The van der Waals surface area contributed by atoms with E-state index < -0.39 is 212 Å². The van der Waals surface area contributed by atoms with E-state index in [-0.39, 0.29) is 73.6 Å². The minimum Gasteiger partial charge on any atom is -0.462 e. The Balaban J connectivity index is 0.00000202. The first-order chi connectivity index (χ1) is 40.1. The van der Waals surface area contributed by atoms with Crippen LogP contribution >= 0.6 is 16.3 Å². The summed E-state index contributed by atoms with van der Waals surface area (Å²) in [6.45, 7) is -0.840. The standard InChI is InChI=1S/C51H30F24O6P2.BF4.Rh/c52-44(53,54)25-11-26(45(55,56)57)16-34(15-25)82(35-17-27(46(58,59)60)12-28(18-35)47(61,62)63)80-40-39-38(23-76-42(79-39)24-7-3-1-4-8-24)78-43(77-33-9-5-2-6-10-33)41(40)81-83(36-19-29(48(64,65)66)13-30(20-36)49(67,68)69)37-21-31(50(70,71)72)14-32(22-37)51(73,74)75;2-1(3,4)5;/h1-22,38-43H,23H2;;/q;-1;/t38-,39-,40+,41-,42-,43-;;/m1../s1. The first kappa shape index (κ1) is 72.6. The maximum absolute atomic E-state index is 14.7. The fraction of sp³-hybridized carbons (Fsp3) is 0.294. The van der Waals surface area contributed by atoms with Crippen molar-refractivity contribution < 1.29 is 170 Å². The van der Waals surface area contributed by atoms with Gasteiger partial charge in [0.2, 0.25) is 6.29 Å². The van der Waals surface area contributed by atoms with Gasteiger partial charge in [-0.25, -0.2) is 0 Å². The number of fused-ring (bicyclic) bond motifs is 1. The van der Waals surface area contributed by atoms with Crippen molar-refractivity contribution in [3.63, 3.8) is 0 Å². The Bertz CT molecular complexity index is 3090. The van der Waals surface area contributed by atoms with Crippen molar-refractivity contribution in [2.45, 2.75) is 86.4 Å². The van der Waals surface area contributed by atoms with E-state index in [0.717, 1.165) is 12.1 Å². The van der Waals surface area contributed by atoms with Gasteiger partial charge in [0.25, 0.3) is 0 Å². The van der Waals surface area contributed by atoms with E-state index >= 15 is 0 Å². The van der Waals surface area contributed by atoms with Crippen LogP contribution in [0.15, 0.2) is 133 Å². The maximum atomic E-state index is 14.7. The third kappa shape index (κ3) is 19.1. The molecule has 0 unspecified atom stereocenters. The van der Waals surface area contributed by atoms with Crippen LogP contribution in [-0.4, -0.2) is 44.6 Å². The molecule has 2 heterocycles. The van der Waals surface area contributed by atoms with Crippen molar-refractivity contribution in [2.24, 2.45) is 0 Å². The molecule has 6 aromatic rings. The summed E-state index contributed by atoms with van der Waals surface area (Å²) in [5.74, 6) is -0.424. The molecular weight excluding hydrogens is 1420 g/mol. The molecule has 6 nitrogen and oxygen atoms in total. The van der Waals surface area contributed by atoms with Crippen LogP contribution in [0, 0.1) is 0 Å². The summed E-state index contributed by atoms with van der Waals surface area (Å²) in [4.78, 5) is 0. The van der Waals surface area contributed by atoms with E-state index in [1.54, 1.807) is 0 Å². The monoisotopic (exact) mass is 1450 g/mol. The second kappa shape index (κ2) is 26.6. The molecular formula is C51H30BF28O6P2Rh-. The Morgan fingerprint density at radius 1 is 0.371 bits per heavy atom. The summed E-state index contributed by atoms with van der Waals surface area (Å²) < 4.78 is 427. The average Bonchev–Trinajstić information content (AvgIpc) is 1.50. The smallest absolute Gasteiger partial charge is 0.462 e. The Labute approximate surface area is 495 Å². The number of para-hydroxylation sites is 1. The molecule has 38 heteroatoms. The van der Waals surface area contributed by atoms with Crippen LogP contribution < -0.4 is 26.0 Å². The first-order valence-electron chi connectivity index (χ1n) is 23.8. The van der Waals surface area contributed by atoms with E-state index in [1.807, 2.05) is 0 Å². The van der Waals surface area contributed by atoms with Crippen LogP contribution in [0.25, 0.3) is 0 Å². The van der Waals surface area contributed by atoms with Gasteiger partial charge in [-0.05, 0) is 84.9 Å². The van der Waals surface area contributed by atoms with Crippen molar-refractivity contribution in [1.29, 1.82) is 0 Å². The van der Waals surface area contributed by atoms with E-state index in [4.69, 9.17) is 28.0 Å². The van der Waals surface area contributed by atoms with Crippen molar-refractivity contribution in [3.05, 3.63) is 184 Å². The molecule has 1 radical (unpaired) electrons. The van der Waals surface area contributed by atoms with Crippen molar-refractivity contribution in [1.82, 2.24) is 0 Å². The average molecular weight is 1450 g/mol. The fourth-order valence-corrected chi connectivity index (χ4v) is 12.4. The number of halogens is 28. The Morgan fingerprint density at radius 3 is 0.921 bits per heavy atom. The molecule has 89 heavy (non-hydrogen) atoms. The topological polar surface area (TPSA) is 55.4 Å². The molecule has 2 saturated heterocycles. The van der Waals surface area contributed by atoms with Gasteiger partial charge >= 0.3 is 56.7 Å². The Morgan fingerprint density at radius 2 is 0.640 bits per heavy atom. The zero-order chi connectivity index (χ0) is 65.7. The molecule has 0 aromatic heterocycles. The third-order valence-corrected chi connectivity index (χ3v) is 15.9. The van der Waals surface area contributed by atoms with Crippen LogP contribution in [0.2, 0.25) is 0 Å². The zero-order valence-electron chi connectivity index (χ0n) is 42.7. The van der Waals surface area contributed by atoms with Gasteiger partial charge in [-0.15, -0.1) is 0 Å². The molecule has 0 aliphatic carbocycles. The summed E-state index contributed by atoms with van der Waals surface area (Å²) in [6, 6.07) is 9.00. The molecule has 0 bridgehead atoms. The number of rotatable bonds is 11. The normalized spacial score (nSPS) is 19.9. The molecule has 2 aliphatic rings. The SMILES string of the molecule is FC(F)(F)c1cc(P(O[C@@H]2[C@@H](OP(c3cc(C(F)(F)F)cc(C(F)(F)F)c3)c3cc(C(F)(F)F)cc(C(F)(F)F)c3)[C@H](Oc3ccccc3)O[C@@H]3CO[C@@H](c4ccccc4)O[C@@H]23)c2cc(C(F)(F)F)cc(C(F)(F)F)c2)cc(C(F)(F)F)c1.F[B-](F)(F)F.[Rh]. The molecule has 0 N–H and O–H groups in total. The molecule has 8 rings (SSSR count). The summed E-state index contributed by atoms with van der Waals surface area (Å²) in [7, 11) is -14.5. The van der Waals surface area contributed by atoms with Gasteiger partial charge < -0.3 is 45.3 Å². The van der Waals surface area contributed by atoms with E-state index in [0.29, 0.717) is 0 Å². The third-order valence-electron chi connectivity index (χ3n) is 12.0. The van der Waals surface area contributed by atoms with Crippen molar-refractivity contribution in [2.75, 3.05) is 6.61 Å². The van der Waals surface area contributed by atoms with Gasteiger partial charge in [0.05, 0.1) is 67.4 Å². The van der Waals surface area contributed by atoms with Gasteiger partial charge in [0, 0.05) is 46.3 Å². The second-order valence-corrected chi connectivity index (χ2v) is 22.1. The fourth-order valence-electron chi connectivity index (χ4n) is 8.29. The minimum atomic E-state index is -6.00. The first-order valence-corrected chi connectivity index (χ1v) is 26.3. The summed E-state index contributed by atoms with van der Waals surface area (Å²) >= 11 is 0. The second-order valence-electron chi connectivity index (χ2n) is 18.4. The van der Waals surface area contributed by atoms with Crippen molar-refractivity contribution >= 4 is 44.8 Å². The van der Waals surface area contributed by atoms with Gasteiger partial charge in [0.1, 0.15) is 24.1 Å². The number of ether oxygens (including phenoxy) is 4. The quantitative estimate of drug-likeness (QED) is 0.0732.